The van der Waals surface area contributed by atoms with Crippen molar-refractivity contribution in [2.45, 2.75) is 38.0 Å². The second-order valence-corrected chi connectivity index (χ2v) is 8.77. The molecule has 2 heterocycles. The second kappa shape index (κ2) is 6.89. The molecule has 1 saturated heterocycles. The topological polar surface area (TPSA) is 52.7 Å². The minimum Gasteiger partial charge on any atom is -0.397 e. The molecule has 2 aliphatic rings. The first-order valence-corrected chi connectivity index (χ1v) is 9.59. The van der Waals surface area contributed by atoms with Gasteiger partial charge >= 0.3 is 0 Å². The van der Waals surface area contributed by atoms with Gasteiger partial charge in [-0.15, -0.1) is 0 Å². The van der Waals surface area contributed by atoms with Gasteiger partial charge in [-0.1, -0.05) is 12.2 Å². The van der Waals surface area contributed by atoms with Crippen LogP contribution in [0.3, 0.4) is 0 Å². The summed E-state index contributed by atoms with van der Waals surface area (Å²) in [7, 11) is 0. The fourth-order valence-electron chi connectivity index (χ4n) is 3.75. The number of nitrogens with two attached hydrogens (primary N) is 1. The SMILES string of the molecule is CC(C)(O)CN1CCC(F)(CN2CC=Cc3c2ccc(Br)c3N)CC1. The van der Waals surface area contributed by atoms with E-state index < -0.39 is 11.3 Å². The van der Waals surface area contributed by atoms with Gasteiger partial charge in [0.25, 0.3) is 0 Å². The van der Waals surface area contributed by atoms with Crippen molar-refractivity contribution in [3.05, 3.63) is 28.2 Å². The molecule has 0 unspecified atom stereocenters. The summed E-state index contributed by atoms with van der Waals surface area (Å²) >= 11 is 3.46. The van der Waals surface area contributed by atoms with Crippen molar-refractivity contribution < 1.29 is 9.50 Å². The molecule has 3 rings (SSSR count). The predicted octanol–water partition coefficient (Wildman–Crippen LogP) is 3.44. The molecule has 1 fully saturated rings. The van der Waals surface area contributed by atoms with E-state index in [9.17, 15) is 5.11 Å². The Hall–Kier alpha value is -1.11. The highest BCUT2D eigenvalue weighted by Gasteiger charge is 2.38. The lowest BCUT2D eigenvalue weighted by atomic mass is 9.91. The van der Waals surface area contributed by atoms with Gasteiger partial charge in [-0.05, 0) is 54.8 Å². The fraction of sp³-hybridized carbons (Fsp3) is 0.579. The van der Waals surface area contributed by atoms with Crippen LogP contribution in [-0.2, 0) is 0 Å². The summed E-state index contributed by atoms with van der Waals surface area (Å²) in [6, 6.07) is 3.93. The van der Waals surface area contributed by atoms with Crippen molar-refractivity contribution in [1.29, 1.82) is 0 Å². The fourth-order valence-corrected chi connectivity index (χ4v) is 4.10. The van der Waals surface area contributed by atoms with Gasteiger partial charge in [-0.2, -0.15) is 0 Å². The van der Waals surface area contributed by atoms with Gasteiger partial charge in [0, 0.05) is 41.9 Å². The third-order valence-corrected chi connectivity index (χ3v) is 5.69. The Morgan fingerprint density at radius 2 is 2.00 bits per heavy atom. The van der Waals surface area contributed by atoms with Crippen molar-refractivity contribution in [2.24, 2.45) is 0 Å². The molecular weight excluding hydrogens is 385 g/mol. The Balaban J connectivity index is 1.68. The van der Waals surface area contributed by atoms with Crippen LogP contribution < -0.4 is 10.6 Å². The number of nitrogen functional groups attached to an aromatic ring is 1. The lowest BCUT2D eigenvalue weighted by Crippen LogP contribution is -2.51. The molecule has 3 N–H and O–H groups in total. The summed E-state index contributed by atoms with van der Waals surface area (Å²) in [5, 5.41) is 9.95. The minimum atomic E-state index is -1.21. The quantitative estimate of drug-likeness (QED) is 0.745. The molecule has 4 nitrogen and oxygen atoms in total. The average Bonchev–Trinajstić information content (AvgIpc) is 2.53. The van der Waals surface area contributed by atoms with Crippen LogP contribution >= 0.6 is 15.9 Å². The molecule has 6 heteroatoms. The Labute approximate surface area is 157 Å². The maximum Gasteiger partial charge on any atom is 0.130 e. The number of β-amino-alcohol motifs (C(OH)–C–C–N with tert-alkyl or cyclic N) is 1. The molecule has 0 spiro atoms. The molecule has 25 heavy (non-hydrogen) atoms. The molecule has 0 aromatic heterocycles. The number of rotatable bonds is 4. The Kier molecular flexibility index (Phi) is 5.15. The first-order valence-electron chi connectivity index (χ1n) is 8.80. The largest absolute Gasteiger partial charge is 0.397 e. The lowest BCUT2D eigenvalue weighted by Gasteiger charge is -2.42. The Bertz CT molecular complexity index is 663. The third kappa shape index (κ3) is 4.36. The van der Waals surface area contributed by atoms with Gasteiger partial charge in [0.1, 0.15) is 5.67 Å². The predicted molar refractivity (Wildman–Crippen MR) is 106 cm³/mol. The zero-order valence-electron chi connectivity index (χ0n) is 14.9. The highest BCUT2D eigenvalue weighted by atomic mass is 79.9. The van der Waals surface area contributed by atoms with Crippen LogP contribution in [0.15, 0.2) is 22.7 Å². The van der Waals surface area contributed by atoms with Crippen molar-refractivity contribution in [3.63, 3.8) is 0 Å². The maximum absolute atomic E-state index is 15.4. The maximum atomic E-state index is 15.4. The number of piperidine rings is 1. The molecule has 1 aromatic rings. The summed E-state index contributed by atoms with van der Waals surface area (Å²) < 4.78 is 16.3. The van der Waals surface area contributed by atoms with Crippen LogP contribution in [0, 0.1) is 0 Å². The zero-order chi connectivity index (χ0) is 18.2. The first kappa shape index (κ1) is 18.7. The number of fused-ring (bicyclic) bond motifs is 1. The monoisotopic (exact) mass is 411 g/mol. The normalized spacial score (nSPS) is 20.6. The number of aliphatic hydroxyl groups is 1. The van der Waals surface area contributed by atoms with Crippen LogP contribution in [0.1, 0.15) is 32.3 Å². The van der Waals surface area contributed by atoms with Crippen LogP contribution in [-0.4, -0.2) is 54.0 Å². The van der Waals surface area contributed by atoms with E-state index in [2.05, 4.69) is 25.7 Å². The lowest BCUT2D eigenvalue weighted by molar-refractivity contribution is 0.00129. The molecule has 0 saturated carbocycles. The van der Waals surface area contributed by atoms with E-state index in [1.165, 1.54) is 0 Å². The van der Waals surface area contributed by atoms with Gasteiger partial charge in [0.2, 0.25) is 0 Å². The van der Waals surface area contributed by atoms with E-state index in [1.807, 2.05) is 24.3 Å². The molecular formula is C19H27BrFN3O. The summed E-state index contributed by atoms with van der Waals surface area (Å²) in [6.45, 7) is 6.62. The van der Waals surface area contributed by atoms with E-state index >= 15 is 4.39 Å². The van der Waals surface area contributed by atoms with Crippen molar-refractivity contribution in [2.75, 3.05) is 43.4 Å². The highest BCUT2D eigenvalue weighted by molar-refractivity contribution is 9.10. The number of anilines is 2. The summed E-state index contributed by atoms with van der Waals surface area (Å²) in [4.78, 5) is 4.24. The Morgan fingerprint density at radius 1 is 1.32 bits per heavy atom. The van der Waals surface area contributed by atoms with E-state index in [0.29, 0.717) is 51.3 Å². The number of hydrogen-bond donors (Lipinski definition) is 2. The van der Waals surface area contributed by atoms with Crippen LogP contribution in [0.2, 0.25) is 0 Å². The van der Waals surface area contributed by atoms with Crippen molar-refractivity contribution >= 4 is 33.4 Å². The van der Waals surface area contributed by atoms with Crippen molar-refractivity contribution in [3.8, 4) is 0 Å². The molecule has 138 valence electrons. The van der Waals surface area contributed by atoms with Gasteiger partial charge in [-0.25, -0.2) is 4.39 Å². The number of hydrogen-bond acceptors (Lipinski definition) is 4. The molecule has 0 bridgehead atoms. The number of benzene rings is 1. The summed E-state index contributed by atoms with van der Waals surface area (Å²) in [5.41, 5.74) is 6.87. The van der Waals surface area contributed by atoms with Crippen molar-refractivity contribution in [1.82, 2.24) is 4.90 Å². The smallest absolute Gasteiger partial charge is 0.130 e. The molecule has 1 aromatic carbocycles. The molecule has 0 amide bonds. The first-order chi connectivity index (χ1) is 11.7. The van der Waals surface area contributed by atoms with E-state index in [0.717, 1.165) is 15.7 Å². The summed E-state index contributed by atoms with van der Waals surface area (Å²) in [5.74, 6) is 0. The minimum absolute atomic E-state index is 0.377. The molecule has 0 atom stereocenters. The molecule has 0 aliphatic carbocycles. The number of halogens is 2. The second-order valence-electron chi connectivity index (χ2n) is 7.92. The van der Waals surface area contributed by atoms with Gasteiger partial charge in [-0.3, -0.25) is 0 Å². The van der Waals surface area contributed by atoms with Gasteiger partial charge < -0.3 is 20.6 Å². The highest BCUT2D eigenvalue weighted by Crippen LogP contribution is 2.37. The van der Waals surface area contributed by atoms with E-state index in [4.69, 9.17) is 5.73 Å². The van der Waals surface area contributed by atoms with Gasteiger partial charge in [0.05, 0.1) is 17.8 Å². The summed E-state index contributed by atoms with van der Waals surface area (Å²) in [6.07, 6.45) is 5.04. The van der Waals surface area contributed by atoms with Crippen LogP contribution in [0.5, 0.6) is 0 Å². The third-order valence-electron chi connectivity index (χ3n) is 5.00. The number of nitrogens with zero attached hydrogens (tertiary/aromatic N) is 2. The zero-order valence-corrected chi connectivity index (χ0v) is 16.5. The number of alkyl halides is 1. The molecule has 2 aliphatic heterocycles. The average molecular weight is 412 g/mol. The molecule has 0 radical (unpaired) electrons. The van der Waals surface area contributed by atoms with Gasteiger partial charge in [0.15, 0.2) is 0 Å². The number of likely N-dealkylation sites (tertiary alicyclic amines) is 1. The van der Waals surface area contributed by atoms with E-state index in [-0.39, 0.29) is 0 Å². The Morgan fingerprint density at radius 3 is 2.64 bits per heavy atom. The van der Waals surface area contributed by atoms with Crippen LogP contribution in [0.25, 0.3) is 6.08 Å². The standard InChI is InChI=1S/C19H27BrFN3O/c1-18(2,25)12-23-10-7-19(21,8-11-23)13-24-9-3-4-14-16(24)6-5-15(20)17(14)22/h3-6,25H,7-13,22H2,1-2H3. The van der Waals surface area contributed by atoms with Crippen LogP contribution in [0.4, 0.5) is 15.8 Å². The van der Waals surface area contributed by atoms with E-state index in [1.54, 1.807) is 13.8 Å².